The van der Waals surface area contributed by atoms with Crippen LogP contribution in [-0.4, -0.2) is 33.8 Å². The fourth-order valence-corrected chi connectivity index (χ4v) is 2.72. The van der Waals surface area contributed by atoms with Crippen LogP contribution in [0.5, 0.6) is 0 Å². The number of hydrogen-bond acceptors (Lipinski definition) is 2. The van der Waals surface area contributed by atoms with Crippen LogP contribution in [-0.2, 0) is 13.6 Å². The molecule has 1 aromatic heterocycles. The maximum atomic E-state index is 12.1. The van der Waals surface area contributed by atoms with Gasteiger partial charge in [-0.25, -0.2) is 4.79 Å². The smallest absolute Gasteiger partial charge is 0.317 e. The van der Waals surface area contributed by atoms with E-state index < -0.39 is 0 Å². The lowest BCUT2D eigenvalue weighted by Gasteiger charge is -2.30. The molecule has 2 rings (SSSR count). The van der Waals surface area contributed by atoms with E-state index in [-0.39, 0.29) is 6.03 Å². The summed E-state index contributed by atoms with van der Waals surface area (Å²) < 4.78 is 1.86. The van der Waals surface area contributed by atoms with E-state index >= 15 is 0 Å². The molecule has 1 atom stereocenters. The van der Waals surface area contributed by atoms with Gasteiger partial charge in [-0.3, -0.25) is 4.68 Å². The van der Waals surface area contributed by atoms with Gasteiger partial charge in [-0.05, 0) is 32.6 Å². The number of urea groups is 1. The molecule has 1 N–H and O–H groups in total. The average molecular weight is 264 g/mol. The molecule has 1 aromatic rings. The number of nitrogens with one attached hydrogen (secondary N) is 1. The Hall–Kier alpha value is -1.52. The van der Waals surface area contributed by atoms with Gasteiger partial charge in [0, 0.05) is 37.9 Å². The molecule has 0 saturated carbocycles. The summed E-state index contributed by atoms with van der Waals surface area (Å²) in [5, 5.41) is 7.38. The lowest BCUT2D eigenvalue weighted by atomic mass is 10.0. The Labute approximate surface area is 115 Å². The van der Waals surface area contributed by atoms with Crippen LogP contribution in [0, 0.1) is 19.8 Å². The summed E-state index contributed by atoms with van der Waals surface area (Å²) in [7, 11) is 1.93. The summed E-state index contributed by atoms with van der Waals surface area (Å²) in [4.78, 5) is 14.1. The standard InChI is InChI=1S/C14H24N4O/c1-10-6-5-7-18(9-10)14(19)15-8-13-11(2)16-17(4)12(13)3/h10H,5-9H2,1-4H3,(H,15,19). The van der Waals surface area contributed by atoms with Crippen LogP contribution in [0.2, 0.25) is 0 Å². The van der Waals surface area contributed by atoms with E-state index in [9.17, 15) is 4.79 Å². The van der Waals surface area contributed by atoms with Crippen molar-refractivity contribution in [3.63, 3.8) is 0 Å². The van der Waals surface area contributed by atoms with Crippen molar-refractivity contribution in [2.24, 2.45) is 13.0 Å². The molecule has 1 unspecified atom stereocenters. The summed E-state index contributed by atoms with van der Waals surface area (Å²) in [6, 6.07) is 0.0502. The van der Waals surface area contributed by atoms with E-state index in [1.54, 1.807) is 0 Å². The molecular formula is C14H24N4O. The van der Waals surface area contributed by atoms with Crippen LogP contribution < -0.4 is 5.32 Å². The monoisotopic (exact) mass is 264 g/mol. The Morgan fingerprint density at radius 1 is 1.47 bits per heavy atom. The number of hydrogen-bond donors (Lipinski definition) is 1. The maximum absolute atomic E-state index is 12.1. The third-order valence-corrected chi connectivity index (χ3v) is 4.02. The zero-order chi connectivity index (χ0) is 14.0. The van der Waals surface area contributed by atoms with Crippen LogP contribution in [0.4, 0.5) is 4.79 Å². The van der Waals surface area contributed by atoms with Crippen LogP contribution >= 0.6 is 0 Å². The Morgan fingerprint density at radius 3 is 2.79 bits per heavy atom. The van der Waals surface area contributed by atoms with Gasteiger partial charge in [-0.1, -0.05) is 6.92 Å². The van der Waals surface area contributed by atoms with Crippen LogP contribution in [0.15, 0.2) is 0 Å². The minimum atomic E-state index is 0.0502. The number of aromatic nitrogens is 2. The van der Waals surface area contributed by atoms with Crippen LogP contribution in [0.3, 0.4) is 0 Å². The number of aryl methyl sites for hydroxylation is 2. The number of amides is 2. The molecule has 19 heavy (non-hydrogen) atoms. The summed E-state index contributed by atoms with van der Waals surface area (Å²) in [5.74, 6) is 0.612. The molecule has 1 aliphatic heterocycles. The van der Waals surface area contributed by atoms with E-state index in [1.807, 2.05) is 30.5 Å². The summed E-state index contributed by atoms with van der Waals surface area (Å²) in [6.45, 7) is 8.53. The number of rotatable bonds is 2. The molecule has 1 saturated heterocycles. The summed E-state index contributed by atoms with van der Waals surface area (Å²) in [6.07, 6.45) is 2.34. The first kappa shape index (κ1) is 13.9. The fourth-order valence-electron chi connectivity index (χ4n) is 2.72. The van der Waals surface area contributed by atoms with Gasteiger partial charge in [0.15, 0.2) is 0 Å². The predicted octanol–water partition coefficient (Wildman–Crippen LogP) is 1.98. The quantitative estimate of drug-likeness (QED) is 0.888. The highest BCUT2D eigenvalue weighted by Gasteiger charge is 2.21. The Kier molecular flexibility index (Phi) is 4.12. The minimum absolute atomic E-state index is 0.0502. The fraction of sp³-hybridized carbons (Fsp3) is 0.714. The molecule has 0 bridgehead atoms. The highest BCUT2D eigenvalue weighted by Crippen LogP contribution is 2.16. The van der Waals surface area contributed by atoms with Crippen molar-refractivity contribution in [1.82, 2.24) is 20.0 Å². The first-order valence-electron chi connectivity index (χ1n) is 7.01. The lowest BCUT2D eigenvalue weighted by Crippen LogP contribution is -2.44. The zero-order valence-corrected chi connectivity index (χ0v) is 12.4. The molecule has 0 aliphatic carbocycles. The maximum Gasteiger partial charge on any atom is 0.317 e. The Bertz CT molecular complexity index is 466. The van der Waals surface area contributed by atoms with E-state index in [1.165, 1.54) is 6.42 Å². The van der Waals surface area contributed by atoms with Crippen molar-refractivity contribution in [3.05, 3.63) is 17.0 Å². The Morgan fingerprint density at radius 2 is 2.21 bits per heavy atom. The lowest BCUT2D eigenvalue weighted by molar-refractivity contribution is 0.169. The molecule has 0 radical (unpaired) electrons. The minimum Gasteiger partial charge on any atom is -0.334 e. The molecule has 5 heteroatoms. The van der Waals surface area contributed by atoms with E-state index in [2.05, 4.69) is 17.3 Å². The molecule has 1 aliphatic rings. The predicted molar refractivity (Wildman–Crippen MR) is 74.9 cm³/mol. The van der Waals surface area contributed by atoms with Gasteiger partial charge < -0.3 is 10.2 Å². The van der Waals surface area contributed by atoms with Gasteiger partial charge in [-0.2, -0.15) is 5.10 Å². The van der Waals surface area contributed by atoms with Crippen molar-refractivity contribution in [3.8, 4) is 0 Å². The molecule has 1 fully saturated rings. The highest BCUT2D eigenvalue weighted by molar-refractivity contribution is 5.74. The largest absolute Gasteiger partial charge is 0.334 e. The number of nitrogens with zero attached hydrogens (tertiary/aromatic N) is 3. The topological polar surface area (TPSA) is 50.2 Å². The Balaban J connectivity index is 1.93. The summed E-state index contributed by atoms with van der Waals surface area (Å²) >= 11 is 0. The summed E-state index contributed by atoms with van der Waals surface area (Å²) in [5.41, 5.74) is 3.23. The third kappa shape index (κ3) is 3.08. The molecule has 2 heterocycles. The van der Waals surface area contributed by atoms with Crippen molar-refractivity contribution >= 4 is 6.03 Å². The van der Waals surface area contributed by atoms with Crippen molar-refractivity contribution in [2.75, 3.05) is 13.1 Å². The molecule has 0 aromatic carbocycles. The van der Waals surface area contributed by atoms with Gasteiger partial charge in [-0.15, -0.1) is 0 Å². The first-order chi connectivity index (χ1) is 8.99. The second kappa shape index (κ2) is 5.63. The average Bonchev–Trinajstić information content (AvgIpc) is 2.61. The third-order valence-electron chi connectivity index (χ3n) is 4.02. The van der Waals surface area contributed by atoms with Crippen molar-refractivity contribution < 1.29 is 4.79 Å². The van der Waals surface area contributed by atoms with Gasteiger partial charge in [0.2, 0.25) is 0 Å². The number of likely N-dealkylation sites (tertiary alicyclic amines) is 1. The van der Waals surface area contributed by atoms with Gasteiger partial charge >= 0.3 is 6.03 Å². The van der Waals surface area contributed by atoms with Gasteiger partial charge in [0.05, 0.1) is 5.69 Å². The van der Waals surface area contributed by atoms with Crippen LogP contribution in [0.1, 0.15) is 36.7 Å². The molecular weight excluding hydrogens is 240 g/mol. The normalized spacial score (nSPS) is 19.6. The molecule has 106 valence electrons. The highest BCUT2D eigenvalue weighted by atomic mass is 16.2. The van der Waals surface area contributed by atoms with Gasteiger partial charge in [0.1, 0.15) is 0 Å². The first-order valence-corrected chi connectivity index (χ1v) is 7.01. The van der Waals surface area contributed by atoms with E-state index in [0.29, 0.717) is 12.5 Å². The second-order valence-electron chi connectivity index (χ2n) is 5.63. The molecule has 2 amide bonds. The second-order valence-corrected chi connectivity index (χ2v) is 5.63. The van der Waals surface area contributed by atoms with E-state index in [0.717, 1.165) is 36.5 Å². The molecule has 0 spiro atoms. The van der Waals surface area contributed by atoms with Crippen molar-refractivity contribution in [2.45, 2.75) is 40.2 Å². The molecule has 5 nitrogen and oxygen atoms in total. The number of piperidine rings is 1. The SMILES string of the molecule is Cc1nn(C)c(C)c1CNC(=O)N1CCCC(C)C1. The van der Waals surface area contributed by atoms with Crippen molar-refractivity contribution in [1.29, 1.82) is 0 Å². The van der Waals surface area contributed by atoms with Crippen LogP contribution in [0.25, 0.3) is 0 Å². The zero-order valence-electron chi connectivity index (χ0n) is 12.4. The van der Waals surface area contributed by atoms with Gasteiger partial charge in [0.25, 0.3) is 0 Å². The number of carbonyl (C=O) groups is 1. The van der Waals surface area contributed by atoms with E-state index in [4.69, 9.17) is 0 Å². The number of carbonyl (C=O) groups excluding carboxylic acids is 1.